The van der Waals surface area contributed by atoms with Gasteiger partial charge in [-0.3, -0.25) is 0 Å². The molecular formula is C34H40NOP. The van der Waals surface area contributed by atoms with Crippen molar-refractivity contribution in [2.24, 2.45) is 0 Å². The summed E-state index contributed by atoms with van der Waals surface area (Å²) in [5.41, 5.74) is 3.74. The summed E-state index contributed by atoms with van der Waals surface area (Å²) in [5, 5.41) is 3.67. The Morgan fingerprint density at radius 3 is 1.41 bits per heavy atom. The molecule has 0 fully saturated rings. The SMILES string of the molecule is CCN1c2cc(C(C)(C)C)cc(C(C)(C)C)c2OP1(c1ccccc1)(c1ccccc1)c1ccccc1. The van der Waals surface area contributed by atoms with Crippen LogP contribution in [0, 0.1) is 0 Å². The summed E-state index contributed by atoms with van der Waals surface area (Å²) in [5.74, 6) is 1.02. The third-order valence-corrected chi connectivity index (χ3v) is 13.5. The summed E-state index contributed by atoms with van der Waals surface area (Å²) in [4.78, 5) is 0. The molecule has 2 nitrogen and oxygen atoms in total. The van der Waals surface area contributed by atoms with Crippen LogP contribution < -0.4 is 25.1 Å². The molecule has 0 saturated carbocycles. The maximum atomic E-state index is 7.83. The van der Waals surface area contributed by atoms with Gasteiger partial charge in [-0.1, -0.05) is 0 Å². The number of hydrogen-bond acceptors (Lipinski definition) is 2. The number of rotatable bonds is 4. The van der Waals surface area contributed by atoms with Gasteiger partial charge in [-0.05, 0) is 0 Å². The van der Waals surface area contributed by atoms with E-state index in [9.17, 15) is 0 Å². The van der Waals surface area contributed by atoms with Crippen LogP contribution in [0.2, 0.25) is 0 Å². The number of benzene rings is 4. The molecule has 0 radical (unpaired) electrons. The van der Waals surface area contributed by atoms with E-state index in [-0.39, 0.29) is 10.8 Å². The van der Waals surface area contributed by atoms with Crippen LogP contribution in [0.1, 0.15) is 59.6 Å². The Hall–Kier alpha value is -3.09. The van der Waals surface area contributed by atoms with Gasteiger partial charge in [-0.25, -0.2) is 0 Å². The van der Waals surface area contributed by atoms with E-state index in [0.717, 1.165) is 12.3 Å². The standard InChI is InChI=1S/C34H40NOP/c1-8-35-31-25-26(33(2,3)4)24-30(34(5,6)7)32(31)36-37(35,27-18-12-9-13-19-27,28-20-14-10-15-21-28)29-22-16-11-17-23-29/h9-25H,8H2,1-7H3. The molecule has 1 heterocycles. The van der Waals surface area contributed by atoms with Crippen LogP contribution in [-0.4, -0.2) is 6.54 Å². The Morgan fingerprint density at radius 1 is 0.622 bits per heavy atom. The molecule has 192 valence electrons. The first kappa shape index (κ1) is 25.6. The molecule has 37 heavy (non-hydrogen) atoms. The molecule has 0 atom stereocenters. The second-order valence-electron chi connectivity index (χ2n) is 12.2. The molecule has 5 rings (SSSR count). The Labute approximate surface area is 223 Å². The number of fused-ring (bicyclic) bond motifs is 1. The van der Waals surface area contributed by atoms with E-state index < -0.39 is 6.98 Å². The Bertz CT molecular complexity index is 1300. The molecule has 0 spiro atoms. The Balaban J connectivity index is 2.02. The van der Waals surface area contributed by atoms with Crippen molar-refractivity contribution in [3.63, 3.8) is 0 Å². The summed E-state index contributed by atoms with van der Waals surface area (Å²) in [6.07, 6.45) is 0. The fraction of sp³-hybridized carbons (Fsp3) is 0.294. The van der Waals surface area contributed by atoms with Gasteiger partial charge in [0.1, 0.15) is 0 Å². The summed E-state index contributed by atoms with van der Waals surface area (Å²) >= 11 is 0. The monoisotopic (exact) mass is 509 g/mol. The van der Waals surface area contributed by atoms with Crippen molar-refractivity contribution in [2.45, 2.75) is 59.3 Å². The van der Waals surface area contributed by atoms with Crippen LogP contribution in [0.3, 0.4) is 0 Å². The fourth-order valence-electron chi connectivity index (χ4n) is 5.90. The molecule has 0 bridgehead atoms. The second kappa shape index (κ2) is 8.74. The van der Waals surface area contributed by atoms with E-state index in [4.69, 9.17) is 4.52 Å². The predicted molar refractivity (Wildman–Crippen MR) is 163 cm³/mol. The zero-order valence-electron chi connectivity index (χ0n) is 23.3. The van der Waals surface area contributed by atoms with Crippen molar-refractivity contribution in [1.29, 1.82) is 0 Å². The summed E-state index contributed by atoms with van der Waals surface area (Å²) in [6, 6.07) is 37.7. The second-order valence-corrected chi connectivity index (χ2v) is 16.4. The van der Waals surface area contributed by atoms with Crippen LogP contribution in [0.4, 0.5) is 5.69 Å². The normalized spacial score (nSPS) is 17.4. The van der Waals surface area contributed by atoms with Crippen molar-refractivity contribution in [3.8, 4) is 5.75 Å². The molecule has 1 aliphatic rings. The summed E-state index contributed by atoms with van der Waals surface area (Å²) in [7, 11) is 0. The third kappa shape index (κ3) is 3.64. The van der Waals surface area contributed by atoms with Gasteiger partial charge >= 0.3 is 224 Å². The molecule has 4 aromatic carbocycles. The van der Waals surface area contributed by atoms with Crippen molar-refractivity contribution >= 4 is 28.6 Å². The van der Waals surface area contributed by atoms with E-state index in [0.29, 0.717) is 0 Å². The molecule has 1 aliphatic heterocycles. The van der Waals surface area contributed by atoms with E-state index in [2.05, 4.69) is 156 Å². The molecule has 0 aliphatic carbocycles. The van der Waals surface area contributed by atoms with Crippen molar-refractivity contribution in [1.82, 2.24) is 0 Å². The molecule has 0 amide bonds. The molecule has 0 N–H and O–H groups in total. The molecule has 0 unspecified atom stereocenters. The van der Waals surface area contributed by atoms with Gasteiger partial charge in [0.15, 0.2) is 0 Å². The molecular weight excluding hydrogens is 469 g/mol. The van der Waals surface area contributed by atoms with Crippen LogP contribution in [0.5, 0.6) is 5.75 Å². The van der Waals surface area contributed by atoms with E-state index in [1.165, 1.54) is 32.7 Å². The quantitative estimate of drug-likeness (QED) is 0.260. The summed E-state index contributed by atoms with van der Waals surface area (Å²) < 4.78 is 10.5. The van der Waals surface area contributed by atoms with Gasteiger partial charge in [0, 0.05) is 0 Å². The van der Waals surface area contributed by atoms with Gasteiger partial charge in [0.2, 0.25) is 0 Å². The number of nitrogens with zero attached hydrogens (tertiary/aromatic N) is 1. The molecule has 3 heteroatoms. The first-order valence-corrected chi connectivity index (χ1v) is 15.5. The zero-order valence-corrected chi connectivity index (χ0v) is 24.2. The van der Waals surface area contributed by atoms with E-state index >= 15 is 0 Å². The van der Waals surface area contributed by atoms with Crippen LogP contribution in [0.25, 0.3) is 0 Å². The van der Waals surface area contributed by atoms with Crippen LogP contribution in [0.15, 0.2) is 103 Å². The van der Waals surface area contributed by atoms with E-state index in [1.807, 2.05) is 0 Å². The van der Waals surface area contributed by atoms with Crippen molar-refractivity contribution in [3.05, 3.63) is 114 Å². The zero-order chi connectivity index (χ0) is 26.5. The molecule has 0 saturated heterocycles. The summed E-state index contributed by atoms with van der Waals surface area (Å²) in [6.45, 7) is 13.3. The van der Waals surface area contributed by atoms with Gasteiger partial charge in [0.25, 0.3) is 0 Å². The molecule has 4 aromatic rings. The minimum atomic E-state index is -3.64. The number of anilines is 1. The predicted octanol–water partition coefficient (Wildman–Crippen LogP) is 7.86. The average molecular weight is 510 g/mol. The third-order valence-electron chi connectivity index (χ3n) is 7.76. The first-order valence-electron chi connectivity index (χ1n) is 13.4. The maximum absolute atomic E-state index is 7.83. The van der Waals surface area contributed by atoms with Gasteiger partial charge in [-0.15, -0.1) is 0 Å². The Morgan fingerprint density at radius 2 is 1.05 bits per heavy atom. The van der Waals surface area contributed by atoms with Crippen LogP contribution in [-0.2, 0) is 10.8 Å². The Kier molecular flexibility index (Phi) is 6.04. The van der Waals surface area contributed by atoms with Gasteiger partial charge in [-0.2, -0.15) is 0 Å². The van der Waals surface area contributed by atoms with Crippen molar-refractivity contribution in [2.75, 3.05) is 11.2 Å². The molecule has 0 aromatic heterocycles. The van der Waals surface area contributed by atoms with E-state index in [1.54, 1.807) is 0 Å². The first-order chi connectivity index (χ1) is 17.5. The number of hydrogen-bond donors (Lipinski definition) is 0. The van der Waals surface area contributed by atoms with Crippen molar-refractivity contribution < 1.29 is 4.52 Å². The average Bonchev–Trinajstić information content (AvgIpc) is 3.21. The minimum absolute atomic E-state index is 0.0136. The fourth-order valence-corrected chi connectivity index (χ4v) is 11.9. The van der Waals surface area contributed by atoms with Gasteiger partial charge in [0.05, 0.1) is 0 Å². The van der Waals surface area contributed by atoms with Gasteiger partial charge < -0.3 is 0 Å². The topological polar surface area (TPSA) is 12.5 Å². The van der Waals surface area contributed by atoms with Crippen LogP contribution >= 0.6 is 6.98 Å².